The molecule has 2 aliphatic heterocycles. The van der Waals surface area contributed by atoms with Crippen LogP contribution in [0.3, 0.4) is 0 Å². The maximum Gasteiger partial charge on any atom is 0.280 e. The molecule has 1 saturated heterocycles. The van der Waals surface area contributed by atoms with Gasteiger partial charge in [0.2, 0.25) is 0 Å². The minimum Gasteiger partial charge on any atom is -0.497 e. The molecule has 30 heavy (non-hydrogen) atoms. The van der Waals surface area contributed by atoms with E-state index in [4.69, 9.17) is 9.73 Å². The Hall–Kier alpha value is -2.97. The first-order valence-electron chi connectivity index (χ1n) is 10.2. The van der Waals surface area contributed by atoms with Gasteiger partial charge in [-0.1, -0.05) is 6.08 Å². The minimum absolute atomic E-state index is 0.0314. The Morgan fingerprint density at radius 2 is 1.87 bits per heavy atom. The van der Waals surface area contributed by atoms with Crippen LogP contribution in [-0.2, 0) is 0 Å². The summed E-state index contributed by atoms with van der Waals surface area (Å²) in [5.41, 5.74) is 2.60. The van der Waals surface area contributed by atoms with E-state index in [-0.39, 0.29) is 11.7 Å². The number of nitrogens with one attached hydrogen (secondary N) is 1. The number of methoxy groups -OCH3 is 1. The Balaban J connectivity index is 1.72. The summed E-state index contributed by atoms with van der Waals surface area (Å²) in [6, 6.07) is 7.35. The number of nitrogens with zero attached hydrogens (tertiary/aromatic N) is 5. The molecule has 2 aliphatic rings. The standard InChI is InChI=1S/C22H28N6O2/c1-16-21-19(22(29)28(25-21)17-6-8-18(30-3)9-7-17)15-23-10-4-5-20(24-16)27-13-11-26(2)12-14-27/h4,6-10,15,20,25H,5,11-14H2,1-3H3/b10-4+,23-15?,24-16+. The zero-order chi connectivity index (χ0) is 21.1. The van der Waals surface area contributed by atoms with Crippen molar-refractivity contribution in [2.24, 2.45) is 9.98 Å². The lowest BCUT2D eigenvalue weighted by atomic mass is 10.1. The van der Waals surface area contributed by atoms with Crippen LogP contribution in [0.15, 0.2) is 51.3 Å². The van der Waals surface area contributed by atoms with Gasteiger partial charge in [0, 0.05) is 45.0 Å². The number of hydrogen-bond donors (Lipinski definition) is 1. The molecule has 8 heteroatoms. The molecule has 0 bridgehead atoms. The van der Waals surface area contributed by atoms with Gasteiger partial charge in [0.25, 0.3) is 5.56 Å². The summed E-state index contributed by atoms with van der Waals surface area (Å²) < 4.78 is 6.75. The van der Waals surface area contributed by atoms with Crippen molar-refractivity contribution < 1.29 is 4.74 Å². The van der Waals surface area contributed by atoms with Crippen LogP contribution in [0.4, 0.5) is 0 Å². The Kier molecular flexibility index (Phi) is 5.96. The lowest BCUT2D eigenvalue weighted by Gasteiger charge is -2.36. The third-order valence-corrected chi connectivity index (χ3v) is 5.66. The first-order valence-corrected chi connectivity index (χ1v) is 10.2. The van der Waals surface area contributed by atoms with Gasteiger partial charge in [-0.3, -0.25) is 24.8 Å². The van der Waals surface area contributed by atoms with Crippen molar-refractivity contribution >= 4 is 11.9 Å². The van der Waals surface area contributed by atoms with Crippen LogP contribution >= 0.6 is 0 Å². The monoisotopic (exact) mass is 408 g/mol. The lowest BCUT2D eigenvalue weighted by Crippen LogP contribution is -2.48. The molecule has 0 aliphatic carbocycles. The molecule has 1 aromatic carbocycles. The van der Waals surface area contributed by atoms with E-state index < -0.39 is 0 Å². The minimum atomic E-state index is -0.154. The fourth-order valence-electron chi connectivity index (χ4n) is 3.81. The second-order valence-corrected chi connectivity index (χ2v) is 7.67. The Morgan fingerprint density at radius 1 is 1.13 bits per heavy atom. The normalized spacial score (nSPS) is 23.4. The molecule has 3 heterocycles. The van der Waals surface area contributed by atoms with Crippen LogP contribution in [-0.4, -0.2) is 78.0 Å². The van der Waals surface area contributed by atoms with Gasteiger partial charge in [-0.25, -0.2) is 4.68 Å². The van der Waals surface area contributed by atoms with Crippen molar-refractivity contribution in [3.05, 3.63) is 58.2 Å². The van der Waals surface area contributed by atoms with Gasteiger partial charge in [-0.2, -0.15) is 0 Å². The first-order chi connectivity index (χ1) is 14.6. The third kappa shape index (κ3) is 4.15. The molecule has 1 fully saturated rings. The topological polar surface area (TPSA) is 78.2 Å². The second kappa shape index (κ2) is 8.81. The lowest BCUT2D eigenvalue weighted by molar-refractivity contribution is 0.116. The third-order valence-electron chi connectivity index (χ3n) is 5.66. The van der Waals surface area contributed by atoms with E-state index in [0.717, 1.165) is 49.7 Å². The smallest absolute Gasteiger partial charge is 0.280 e. The number of H-pyrrole nitrogens is 1. The van der Waals surface area contributed by atoms with Crippen LogP contribution in [0.25, 0.3) is 5.69 Å². The van der Waals surface area contributed by atoms with Crippen molar-refractivity contribution in [2.45, 2.75) is 19.5 Å². The van der Waals surface area contributed by atoms with Crippen LogP contribution in [0.1, 0.15) is 24.6 Å². The van der Waals surface area contributed by atoms with Gasteiger partial charge >= 0.3 is 0 Å². The SMILES string of the molecule is COc1ccc(-n2[nH]c3c(c2=O)C=N/C=C/CC(N2CCN(C)CC2)/N=C/3C)cc1. The van der Waals surface area contributed by atoms with Crippen LogP contribution in [0, 0.1) is 0 Å². The largest absolute Gasteiger partial charge is 0.497 e. The number of fused-ring (bicyclic) bond motifs is 1. The molecule has 4 rings (SSSR count). The highest BCUT2D eigenvalue weighted by Gasteiger charge is 2.23. The predicted octanol–water partition coefficient (Wildman–Crippen LogP) is 1.89. The average Bonchev–Trinajstić information content (AvgIpc) is 3.10. The molecule has 8 nitrogen and oxygen atoms in total. The molecule has 0 amide bonds. The molecule has 1 N–H and O–H groups in total. The Bertz CT molecular complexity index is 1020. The number of rotatable bonds is 3. The predicted molar refractivity (Wildman–Crippen MR) is 119 cm³/mol. The molecule has 158 valence electrons. The number of likely N-dealkylation sites (N-methyl/N-ethyl adjacent to an activating group) is 1. The molecule has 1 atom stereocenters. The van der Waals surface area contributed by atoms with Crippen molar-refractivity contribution in [2.75, 3.05) is 40.3 Å². The number of aliphatic imine (C=N–C) groups is 2. The summed E-state index contributed by atoms with van der Waals surface area (Å²) in [6.45, 7) is 5.97. The van der Waals surface area contributed by atoms with Crippen molar-refractivity contribution in [3.63, 3.8) is 0 Å². The first kappa shape index (κ1) is 20.3. The summed E-state index contributed by atoms with van der Waals surface area (Å²) in [6.07, 6.45) is 6.21. The van der Waals surface area contributed by atoms with Gasteiger partial charge in [0.05, 0.1) is 29.8 Å². The highest BCUT2D eigenvalue weighted by molar-refractivity contribution is 6.04. The van der Waals surface area contributed by atoms with E-state index in [0.29, 0.717) is 11.3 Å². The molecule has 2 aromatic rings. The quantitative estimate of drug-likeness (QED) is 0.841. The van der Waals surface area contributed by atoms with E-state index in [2.05, 4.69) is 26.9 Å². The van der Waals surface area contributed by atoms with Gasteiger partial charge < -0.3 is 9.64 Å². The fourth-order valence-corrected chi connectivity index (χ4v) is 3.81. The highest BCUT2D eigenvalue weighted by Crippen LogP contribution is 2.17. The van der Waals surface area contributed by atoms with E-state index in [1.165, 1.54) is 4.68 Å². The van der Waals surface area contributed by atoms with Crippen molar-refractivity contribution in [3.8, 4) is 11.4 Å². The van der Waals surface area contributed by atoms with Crippen LogP contribution < -0.4 is 10.3 Å². The van der Waals surface area contributed by atoms with E-state index in [1.54, 1.807) is 19.5 Å². The molecular formula is C22H28N6O2. The number of ether oxygens (including phenoxy) is 1. The maximum absolute atomic E-state index is 13.1. The molecule has 1 aromatic heterocycles. The number of hydrogen-bond acceptors (Lipinski definition) is 6. The molecule has 0 saturated carbocycles. The van der Waals surface area contributed by atoms with E-state index in [1.807, 2.05) is 37.3 Å². The number of aromatic amines is 1. The summed E-state index contributed by atoms with van der Waals surface area (Å²) >= 11 is 0. The summed E-state index contributed by atoms with van der Waals surface area (Å²) in [5.74, 6) is 0.740. The average molecular weight is 409 g/mol. The molecule has 0 spiro atoms. The summed E-state index contributed by atoms with van der Waals surface area (Å²) in [7, 11) is 3.76. The Morgan fingerprint density at radius 3 is 2.57 bits per heavy atom. The number of piperazine rings is 1. The van der Waals surface area contributed by atoms with E-state index in [9.17, 15) is 4.79 Å². The number of aromatic nitrogens is 2. The number of benzene rings is 1. The van der Waals surface area contributed by atoms with Gasteiger partial charge in [0.1, 0.15) is 11.9 Å². The van der Waals surface area contributed by atoms with Crippen LogP contribution in [0.5, 0.6) is 5.75 Å². The second-order valence-electron chi connectivity index (χ2n) is 7.67. The van der Waals surface area contributed by atoms with Gasteiger partial charge in [0.15, 0.2) is 0 Å². The summed E-state index contributed by atoms with van der Waals surface area (Å²) in [4.78, 5) is 27.2. The van der Waals surface area contributed by atoms with Gasteiger partial charge in [-0.05, 0) is 38.2 Å². The maximum atomic E-state index is 13.1. The molecule has 0 radical (unpaired) electrons. The zero-order valence-corrected chi connectivity index (χ0v) is 17.7. The van der Waals surface area contributed by atoms with Gasteiger partial charge in [-0.15, -0.1) is 0 Å². The molecule has 1 unspecified atom stereocenters. The Labute approximate surface area is 176 Å². The van der Waals surface area contributed by atoms with Crippen LogP contribution in [0.2, 0.25) is 0 Å². The van der Waals surface area contributed by atoms with Crippen molar-refractivity contribution in [1.82, 2.24) is 19.6 Å². The molecular weight excluding hydrogens is 380 g/mol. The highest BCUT2D eigenvalue weighted by atomic mass is 16.5. The van der Waals surface area contributed by atoms with E-state index >= 15 is 0 Å². The summed E-state index contributed by atoms with van der Waals surface area (Å²) in [5, 5.41) is 3.24. The van der Waals surface area contributed by atoms with Crippen molar-refractivity contribution in [1.29, 1.82) is 0 Å². The fraction of sp³-hybridized carbons (Fsp3) is 0.409. The zero-order valence-electron chi connectivity index (χ0n) is 17.7.